The standard InChI is InChI=1S/C12H16Cl2N4O2/c1-17(7-10(19)18-4-2-15-3-5-18)12(20)9-6-8(13)11(14)16-9/h6,15-16H,2-5,7H2,1H3. The monoisotopic (exact) mass is 318 g/mol. The van der Waals surface area contributed by atoms with E-state index in [-0.39, 0.29) is 34.2 Å². The zero-order valence-electron chi connectivity index (χ0n) is 11.1. The summed E-state index contributed by atoms with van der Waals surface area (Å²) in [6.07, 6.45) is 0. The molecule has 1 aromatic rings. The highest BCUT2D eigenvalue weighted by Crippen LogP contribution is 2.22. The molecule has 110 valence electrons. The molecule has 0 radical (unpaired) electrons. The van der Waals surface area contributed by atoms with Crippen LogP contribution in [0.3, 0.4) is 0 Å². The molecular formula is C12H16Cl2N4O2. The number of piperazine rings is 1. The van der Waals surface area contributed by atoms with Crippen molar-refractivity contribution in [1.82, 2.24) is 20.1 Å². The van der Waals surface area contributed by atoms with E-state index in [0.29, 0.717) is 13.1 Å². The Balaban J connectivity index is 1.95. The summed E-state index contributed by atoms with van der Waals surface area (Å²) in [5.41, 5.74) is 0.274. The number of aromatic amines is 1. The van der Waals surface area contributed by atoms with Gasteiger partial charge in [-0.15, -0.1) is 0 Å². The molecule has 0 spiro atoms. The highest BCUT2D eigenvalue weighted by atomic mass is 35.5. The van der Waals surface area contributed by atoms with E-state index in [1.807, 2.05) is 0 Å². The number of carbonyl (C=O) groups excluding carboxylic acids is 2. The lowest BCUT2D eigenvalue weighted by atomic mass is 10.3. The number of hydrogen-bond acceptors (Lipinski definition) is 3. The van der Waals surface area contributed by atoms with E-state index in [4.69, 9.17) is 23.2 Å². The van der Waals surface area contributed by atoms with Crippen molar-refractivity contribution in [3.05, 3.63) is 21.9 Å². The lowest BCUT2D eigenvalue weighted by Crippen LogP contribution is -2.49. The molecule has 2 N–H and O–H groups in total. The number of carbonyl (C=O) groups is 2. The van der Waals surface area contributed by atoms with Gasteiger partial charge in [0.2, 0.25) is 5.91 Å². The zero-order chi connectivity index (χ0) is 14.7. The molecule has 1 aromatic heterocycles. The van der Waals surface area contributed by atoms with E-state index >= 15 is 0 Å². The van der Waals surface area contributed by atoms with E-state index in [9.17, 15) is 9.59 Å². The number of hydrogen-bond donors (Lipinski definition) is 2. The van der Waals surface area contributed by atoms with Crippen LogP contribution < -0.4 is 5.32 Å². The number of amides is 2. The quantitative estimate of drug-likeness (QED) is 0.867. The first-order chi connectivity index (χ1) is 9.49. The molecule has 1 aliphatic rings. The van der Waals surface area contributed by atoms with E-state index in [1.165, 1.54) is 11.0 Å². The Kier molecular flexibility index (Phi) is 4.91. The van der Waals surface area contributed by atoms with Crippen LogP contribution >= 0.6 is 23.2 Å². The molecular weight excluding hydrogens is 303 g/mol. The zero-order valence-corrected chi connectivity index (χ0v) is 12.6. The molecule has 1 aliphatic heterocycles. The van der Waals surface area contributed by atoms with Gasteiger partial charge in [0.1, 0.15) is 10.8 Å². The smallest absolute Gasteiger partial charge is 0.270 e. The average molecular weight is 319 g/mol. The Labute approximate surface area is 127 Å². The maximum Gasteiger partial charge on any atom is 0.270 e. The van der Waals surface area contributed by atoms with Crippen LogP contribution in [0.1, 0.15) is 10.5 Å². The van der Waals surface area contributed by atoms with E-state index in [2.05, 4.69) is 10.3 Å². The molecule has 2 heterocycles. The number of likely N-dealkylation sites (N-methyl/N-ethyl adjacent to an activating group) is 1. The Morgan fingerprint density at radius 1 is 1.35 bits per heavy atom. The number of aromatic nitrogens is 1. The molecule has 0 aromatic carbocycles. The van der Waals surface area contributed by atoms with Crippen molar-refractivity contribution in [3.63, 3.8) is 0 Å². The van der Waals surface area contributed by atoms with Crippen molar-refractivity contribution >= 4 is 35.0 Å². The van der Waals surface area contributed by atoms with Gasteiger partial charge in [0.25, 0.3) is 5.91 Å². The SMILES string of the molecule is CN(CC(=O)N1CCNCC1)C(=O)c1cc(Cl)c(Cl)[nH]1. The topological polar surface area (TPSA) is 68.4 Å². The molecule has 1 saturated heterocycles. The maximum atomic E-state index is 12.1. The maximum absolute atomic E-state index is 12.1. The third-order valence-electron chi connectivity index (χ3n) is 3.14. The van der Waals surface area contributed by atoms with Crippen LogP contribution in [0.25, 0.3) is 0 Å². The summed E-state index contributed by atoms with van der Waals surface area (Å²) >= 11 is 11.6. The molecule has 20 heavy (non-hydrogen) atoms. The molecule has 0 aliphatic carbocycles. The highest BCUT2D eigenvalue weighted by Gasteiger charge is 2.22. The fourth-order valence-electron chi connectivity index (χ4n) is 2.01. The second-order valence-corrected chi connectivity index (χ2v) is 5.42. The minimum Gasteiger partial charge on any atom is -0.340 e. The number of rotatable bonds is 3. The lowest BCUT2D eigenvalue weighted by Gasteiger charge is -2.29. The minimum absolute atomic E-state index is 0.0348. The van der Waals surface area contributed by atoms with Gasteiger partial charge in [-0.2, -0.15) is 0 Å². The van der Waals surface area contributed by atoms with Crippen LogP contribution in [0.2, 0.25) is 10.2 Å². The van der Waals surface area contributed by atoms with Crippen LogP contribution in [-0.2, 0) is 4.79 Å². The number of H-pyrrole nitrogens is 1. The molecule has 6 nitrogen and oxygen atoms in total. The molecule has 8 heteroatoms. The Hall–Kier alpha value is -1.24. The third-order valence-corrected chi connectivity index (χ3v) is 3.84. The summed E-state index contributed by atoms with van der Waals surface area (Å²) < 4.78 is 0. The van der Waals surface area contributed by atoms with Crippen molar-refractivity contribution in [2.75, 3.05) is 39.8 Å². The van der Waals surface area contributed by atoms with Crippen molar-refractivity contribution in [1.29, 1.82) is 0 Å². The Morgan fingerprint density at radius 3 is 2.55 bits per heavy atom. The largest absolute Gasteiger partial charge is 0.340 e. The Morgan fingerprint density at radius 2 is 2.00 bits per heavy atom. The summed E-state index contributed by atoms with van der Waals surface area (Å²) in [5, 5.41) is 3.68. The minimum atomic E-state index is -0.317. The first kappa shape index (κ1) is 15.2. The molecule has 1 fully saturated rings. The van der Waals surface area contributed by atoms with Crippen LogP contribution in [0.15, 0.2) is 6.07 Å². The summed E-state index contributed by atoms with van der Waals surface area (Å²) in [6, 6.07) is 1.46. The van der Waals surface area contributed by atoms with E-state index < -0.39 is 0 Å². The summed E-state index contributed by atoms with van der Waals surface area (Å²) in [4.78, 5) is 30.0. The number of halogens is 2. The summed E-state index contributed by atoms with van der Waals surface area (Å²) in [5.74, 6) is -0.381. The van der Waals surface area contributed by atoms with Crippen LogP contribution in [-0.4, -0.2) is 66.4 Å². The van der Waals surface area contributed by atoms with Crippen molar-refractivity contribution < 1.29 is 9.59 Å². The molecule has 0 saturated carbocycles. The predicted molar refractivity (Wildman–Crippen MR) is 77.2 cm³/mol. The molecule has 0 atom stereocenters. The van der Waals surface area contributed by atoms with Gasteiger partial charge in [-0.3, -0.25) is 9.59 Å². The highest BCUT2D eigenvalue weighted by molar-refractivity contribution is 6.41. The molecule has 0 unspecified atom stereocenters. The van der Waals surface area contributed by atoms with E-state index in [1.54, 1.807) is 11.9 Å². The average Bonchev–Trinajstić information content (AvgIpc) is 2.78. The van der Waals surface area contributed by atoms with Crippen molar-refractivity contribution in [2.24, 2.45) is 0 Å². The van der Waals surface area contributed by atoms with Crippen LogP contribution in [0.5, 0.6) is 0 Å². The lowest BCUT2D eigenvalue weighted by molar-refractivity contribution is -0.132. The van der Waals surface area contributed by atoms with E-state index in [0.717, 1.165) is 13.1 Å². The first-order valence-electron chi connectivity index (χ1n) is 6.27. The normalized spacial score (nSPS) is 15.2. The number of nitrogens with zero attached hydrogens (tertiary/aromatic N) is 2. The summed E-state index contributed by atoms with van der Waals surface area (Å²) in [6.45, 7) is 2.94. The van der Waals surface area contributed by atoms with Gasteiger partial charge in [0, 0.05) is 33.2 Å². The fourth-order valence-corrected chi connectivity index (χ4v) is 2.33. The molecule has 2 amide bonds. The molecule has 0 bridgehead atoms. The van der Waals surface area contributed by atoms with Gasteiger partial charge >= 0.3 is 0 Å². The molecule has 2 rings (SSSR count). The second kappa shape index (κ2) is 6.47. The van der Waals surface area contributed by atoms with Crippen LogP contribution in [0, 0.1) is 0 Å². The number of nitrogens with one attached hydrogen (secondary N) is 2. The first-order valence-corrected chi connectivity index (χ1v) is 7.02. The summed E-state index contributed by atoms with van der Waals surface area (Å²) in [7, 11) is 1.57. The van der Waals surface area contributed by atoms with Gasteiger partial charge in [-0.05, 0) is 6.07 Å². The van der Waals surface area contributed by atoms with Gasteiger partial charge in [-0.1, -0.05) is 23.2 Å². The van der Waals surface area contributed by atoms with Gasteiger partial charge in [-0.25, -0.2) is 0 Å². The van der Waals surface area contributed by atoms with Gasteiger partial charge in [0.05, 0.1) is 11.6 Å². The van der Waals surface area contributed by atoms with Gasteiger partial charge in [0.15, 0.2) is 0 Å². The fraction of sp³-hybridized carbons (Fsp3) is 0.500. The Bertz CT molecular complexity index is 492. The van der Waals surface area contributed by atoms with Crippen molar-refractivity contribution in [2.45, 2.75) is 0 Å². The third kappa shape index (κ3) is 3.45. The second-order valence-electron chi connectivity index (χ2n) is 4.64. The van der Waals surface area contributed by atoms with Gasteiger partial charge < -0.3 is 20.1 Å². The van der Waals surface area contributed by atoms with Crippen LogP contribution in [0.4, 0.5) is 0 Å². The van der Waals surface area contributed by atoms with Crippen molar-refractivity contribution in [3.8, 4) is 0 Å². The predicted octanol–water partition coefficient (Wildman–Crippen LogP) is 0.825.